The predicted molar refractivity (Wildman–Crippen MR) is 83.8 cm³/mol. The van der Waals surface area contributed by atoms with E-state index in [9.17, 15) is 4.79 Å². The van der Waals surface area contributed by atoms with Crippen molar-refractivity contribution in [3.8, 4) is 11.1 Å². The molecular weight excluding hydrogens is 280 g/mol. The molecule has 0 radical (unpaired) electrons. The molecule has 1 amide bonds. The number of amides is 1. The monoisotopic (exact) mass is 300 g/mol. The maximum atomic E-state index is 11.3. The van der Waals surface area contributed by atoms with Gasteiger partial charge in [-0.05, 0) is 19.1 Å². The second-order valence-electron chi connectivity index (χ2n) is 5.06. The number of hydrogen-bond donors (Lipinski definition) is 3. The lowest BCUT2D eigenvalue weighted by Gasteiger charge is -2.08. The van der Waals surface area contributed by atoms with Gasteiger partial charge >= 0.3 is 0 Å². The highest BCUT2D eigenvalue weighted by molar-refractivity contribution is 5.80. The van der Waals surface area contributed by atoms with Crippen LogP contribution in [-0.2, 0) is 17.8 Å². The van der Waals surface area contributed by atoms with Crippen molar-refractivity contribution in [3.05, 3.63) is 48.0 Å². The lowest BCUT2D eigenvalue weighted by molar-refractivity contribution is -0.121. The minimum atomic E-state index is -0.496. The van der Waals surface area contributed by atoms with Crippen molar-refractivity contribution in [2.75, 3.05) is 6.54 Å². The molecule has 0 spiro atoms. The summed E-state index contributed by atoms with van der Waals surface area (Å²) in [6.07, 6.45) is 4.14. The van der Waals surface area contributed by atoms with Crippen LogP contribution >= 0.6 is 0 Å². The van der Waals surface area contributed by atoms with Gasteiger partial charge in [-0.3, -0.25) is 14.8 Å². The number of carbonyl (C=O) groups excluding carboxylic acids is 1. The SMILES string of the molecule is C[C@H](N)C(=O)NCCc1ccc(-c2ccc(CO)nc2)cn1. The van der Waals surface area contributed by atoms with Crippen molar-refractivity contribution in [1.82, 2.24) is 15.3 Å². The number of hydrogen-bond acceptors (Lipinski definition) is 5. The van der Waals surface area contributed by atoms with Gasteiger partial charge in [0.25, 0.3) is 0 Å². The molecule has 2 aromatic rings. The van der Waals surface area contributed by atoms with Crippen molar-refractivity contribution in [1.29, 1.82) is 0 Å². The van der Waals surface area contributed by atoms with Crippen LogP contribution < -0.4 is 11.1 Å². The van der Waals surface area contributed by atoms with Crippen molar-refractivity contribution >= 4 is 5.91 Å². The summed E-state index contributed by atoms with van der Waals surface area (Å²) in [5.74, 6) is -0.160. The summed E-state index contributed by atoms with van der Waals surface area (Å²) in [5, 5.41) is 11.7. The standard InChI is InChI=1S/C16H20N4O2/c1-11(17)16(22)18-7-6-14-4-2-12(8-19-14)13-3-5-15(10-21)20-9-13/h2-5,8-9,11,21H,6-7,10,17H2,1H3,(H,18,22)/t11-/m0/s1. The van der Waals surface area contributed by atoms with E-state index in [1.54, 1.807) is 25.4 Å². The number of nitrogens with one attached hydrogen (secondary N) is 1. The number of nitrogens with zero attached hydrogens (tertiary/aromatic N) is 2. The first-order chi connectivity index (χ1) is 10.6. The summed E-state index contributed by atoms with van der Waals surface area (Å²) >= 11 is 0. The number of nitrogens with two attached hydrogens (primary N) is 1. The number of pyridine rings is 2. The van der Waals surface area contributed by atoms with Gasteiger partial charge in [-0.1, -0.05) is 12.1 Å². The molecule has 22 heavy (non-hydrogen) atoms. The van der Waals surface area contributed by atoms with Crippen LogP contribution in [0.3, 0.4) is 0 Å². The van der Waals surface area contributed by atoms with Gasteiger partial charge in [0.15, 0.2) is 0 Å². The summed E-state index contributed by atoms with van der Waals surface area (Å²) < 4.78 is 0. The highest BCUT2D eigenvalue weighted by atomic mass is 16.3. The third-order valence-electron chi connectivity index (χ3n) is 3.24. The van der Waals surface area contributed by atoms with E-state index in [-0.39, 0.29) is 12.5 Å². The highest BCUT2D eigenvalue weighted by Gasteiger charge is 2.06. The van der Waals surface area contributed by atoms with Crippen LogP contribution in [0.4, 0.5) is 0 Å². The van der Waals surface area contributed by atoms with Crippen LogP contribution in [0, 0.1) is 0 Å². The topological polar surface area (TPSA) is 101 Å². The summed E-state index contributed by atoms with van der Waals surface area (Å²) in [4.78, 5) is 19.9. The van der Waals surface area contributed by atoms with Crippen LogP contribution in [0.5, 0.6) is 0 Å². The molecule has 0 saturated heterocycles. The lowest BCUT2D eigenvalue weighted by atomic mass is 10.1. The van der Waals surface area contributed by atoms with Crippen LogP contribution in [0.25, 0.3) is 11.1 Å². The largest absolute Gasteiger partial charge is 0.390 e. The second-order valence-corrected chi connectivity index (χ2v) is 5.06. The summed E-state index contributed by atoms with van der Waals surface area (Å²) in [6.45, 7) is 2.10. The zero-order valence-corrected chi connectivity index (χ0v) is 12.5. The fraction of sp³-hybridized carbons (Fsp3) is 0.312. The van der Waals surface area contributed by atoms with Gasteiger partial charge in [0.2, 0.25) is 5.91 Å². The molecule has 2 heterocycles. The summed E-state index contributed by atoms with van der Waals surface area (Å²) in [7, 11) is 0. The molecule has 6 heteroatoms. The molecule has 0 aliphatic carbocycles. The molecule has 2 rings (SSSR count). The molecular formula is C16H20N4O2. The first-order valence-corrected chi connectivity index (χ1v) is 7.14. The average molecular weight is 300 g/mol. The molecule has 116 valence electrons. The smallest absolute Gasteiger partial charge is 0.236 e. The number of aliphatic hydroxyl groups is 1. The summed E-state index contributed by atoms with van der Waals surface area (Å²) in [5.41, 5.74) is 8.91. The zero-order chi connectivity index (χ0) is 15.9. The minimum Gasteiger partial charge on any atom is -0.390 e. The molecule has 1 atom stereocenters. The molecule has 4 N–H and O–H groups in total. The van der Waals surface area contributed by atoms with Crippen molar-refractivity contribution < 1.29 is 9.90 Å². The van der Waals surface area contributed by atoms with E-state index in [4.69, 9.17) is 10.8 Å². The van der Waals surface area contributed by atoms with E-state index >= 15 is 0 Å². The molecule has 0 unspecified atom stereocenters. The highest BCUT2D eigenvalue weighted by Crippen LogP contribution is 2.17. The Bertz CT molecular complexity index is 609. The van der Waals surface area contributed by atoms with Gasteiger partial charge in [0, 0.05) is 42.2 Å². The van der Waals surface area contributed by atoms with E-state index in [2.05, 4.69) is 15.3 Å². The first kappa shape index (κ1) is 16.1. The van der Waals surface area contributed by atoms with E-state index in [1.165, 1.54) is 0 Å². The Morgan fingerprint density at radius 3 is 2.23 bits per heavy atom. The average Bonchev–Trinajstić information content (AvgIpc) is 2.55. The molecule has 0 aliphatic heterocycles. The Morgan fingerprint density at radius 2 is 1.77 bits per heavy atom. The Labute approximate surface area is 129 Å². The van der Waals surface area contributed by atoms with Crippen LogP contribution in [-0.4, -0.2) is 33.6 Å². The minimum absolute atomic E-state index is 0.0649. The molecule has 0 fully saturated rings. The molecule has 0 aromatic carbocycles. The Kier molecular flexibility index (Phi) is 5.57. The molecule has 0 saturated carbocycles. The summed E-state index contributed by atoms with van der Waals surface area (Å²) in [6, 6.07) is 7.08. The molecule has 0 aliphatic rings. The quantitative estimate of drug-likeness (QED) is 0.727. The van der Waals surface area contributed by atoms with Gasteiger partial charge < -0.3 is 16.2 Å². The van der Waals surface area contributed by atoms with E-state index in [1.807, 2.05) is 18.2 Å². The van der Waals surface area contributed by atoms with Gasteiger partial charge in [-0.25, -0.2) is 0 Å². The fourth-order valence-corrected chi connectivity index (χ4v) is 1.91. The van der Waals surface area contributed by atoms with E-state index in [0.717, 1.165) is 16.8 Å². The Balaban J connectivity index is 1.93. The van der Waals surface area contributed by atoms with Gasteiger partial charge in [-0.15, -0.1) is 0 Å². The van der Waals surface area contributed by atoms with Crippen molar-refractivity contribution in [2.24, 2.45) is 5.73 Å². The fourth-order valence-electron chi connectivity index (χ4n) is 1.91. The maximum absolute atomic E-state index is 11.3. The Hall–Kier alpha value is -2.31. The number of aromatic nitrogens is 2. The van der Waals surface area contributed by atoms with E-state index < -0.39 is 6.04 Å². The number of rotatable bonds is 6. The second kappa shape index (κ2) is 7.63. The molecule has 2 aromatic heterocycles. The van der Waals surface area contributed by atoms with Crippen LogP contribution in [0.2, 0.25) is 0 Å². The molecule has 6 nitrogen and oxygen atoms in total. The lowest BCUT2D eigenvalue weighted by Crippen LogP contribution is -2.39. The van der Waals surface area contributed by atoms with Crippen LogP contribution in [0.15, 0.2) is 36.7 Å². The first-order valence-electron chi connectivity index (χ1n) is 7.14. The zero-order valence-electron chi connectivity index (χ0n) is 12.5. The third kappa shape index (κ3) is 4.34. The van der Waals surface area contributed by atoms with Gasteiger partial charge in [0.05, 0.1) is 18.3 Å². The maximum Gasteiger partial charge on any atom is 0.236 e. The number of aliphatic hydroxyl groups excluding tert-OH is 1. The third-order valence-corrected chi connectivity index (χ3v) is 3.24. The predicted octanol–water partition coefficient (Wildman–Crippen LogP) is 0.642. The van der Waals surface area contributed by atoms with Crippen LogP contribution in [0.1, 0.15) is 18.3 Å². The van der Waals surface area contributed by atoms with E-state index in [0.29, 0.717) is 18.7 Å². The number of carbonyl (C=O) groups is 1. The molecule has 0 bridgehead atoms. The normalized spacial score (nSPS) is 12.0. The van der Waals surface area contributed by atoms with Gasteiger partial charge in [0.1, 0.15) is 0 Å². The van der Waals surface area contributed by atoms with Crippen molar-refractivity contribution in [2.45, 2.75) is 26.0 Å². The van der Waals surface area contributed by atoms with Crippen molar-refractivity contribution in [3.63, 3.8) is 0 Å². The Morgan fingerprint density at radius 1 is 1.18 bits per heavy atom. The van der Waals surface area contributed by atoms with Gasteiger partial charge in [-0.2, -0.15) is 0 Å².